The summed E-state index contributed by atoms with van der Waals surface area (Å²) >= 11 is 0. The Morgan fingerprint density at radius 1 is 0.483 bits per heavy atom. The van der Waals surface area contributed by atoms with Crippen LogP contribution in [0.25, 0.3) is 6.08 Å². The van der Waals surface area contributed by atoms with Crippen LogP contribution in [-0.4, -0.2) is 218 Å². The Morgan fingerprint density at radius 3 is 1.15 bits per heavy atom. The molecule has 2 fully saturated rings. The fraction of sp³-hybridized carbons (Fsp3) is 0.358. The number of hydrogen-bond acceptors (Lipinski definition) is 35. The molecule has 4 heterocycles. The number of methoxy groups -OCH3 is 6. The van der Waals surface area contributed by atoms with Gasteiger partial charge in [0.25, 0.3) is 10.1 Å². The van der Waals surface area contributed by atoms with E-state index in [-0.39, 0.29) is 140 Å². The Kier molecular flexibility index (Phi) is 56.9. The average molecular weight is 2170 g/mol. The smallest absolute Gasteiger partial charge is 1.00 e. The van der Waals surface area contributed by atoms with Crippen LogP contribution >= 0.6 is 0 Å². The van der Waals surface area contributed by atoms with Crippen molar-refractivity contribution in [3.05, 3.63) is 264 Å². The number of aromatic nitrogens is 1. The number of aromatic hydroxyl groups is 3. The van der Waals surface area contributed by atoms with Crippen LogP contribution in [0.5, 0.6) is 34.5 Å². The van der Waals surface area contributed by atoms with Crippen LogP contribution in [0.1, 0.15) is 211 Å². The number of phenols is 3. The summed E-state index contributed by atoms with van der Waals surface area (Å²) in [4.78, 5) is 93.3. The van der Waals surface area contributed by atoms with Gasteiger partial charge >= 0.3 is 120 Å². The Bertz CT molecular complexity index is 6260. The summed E-state index contributed by atoms with van der Waals surface area (Å²) in [6, 6.07) is 28.1. The summed E-state index contributed by atoms with van der Waals surface area (Å²) in [5, 5.41) is 38.1. The Hall–Kier alpha value is -12.3. The number of hydrogen-bond donors (Lipinski definition) is 5. The van der Waals surface area contributed by atoms with Crippen LogP contribution in [0.3, 0.4) is 0 Å². The molecule has 5 N–H and O–H groups in total. The van der Waals surface area contributed by atoms with E-state index in [1.807, 2.05) is 71.9 Å². The number of nitrogens with zero attached hydrogens (tertiary/aromatic N) is 1. The quantitative estimate of drug-likeness (QED) is 0.00484. The molecule has 0 aliphatic carbocycles. The van der Waals surface area contributed by atoms with Crippen LogP contribution in [0.2, 0.25) is 0 Å². The van der Waals surface area contributed by atoms with Gasteiger partial charge in [-0.3, -0.25) is 19.1 Å². The summed E-state index contributed by atoms with van der Waals surface area (Å²) in [7, 11) is -14.3. The van der Waals surface area contributed by atoms with Gasteiger partial charge in [0.1, 0.15) is 17.2 Å². The first kappa shape index (κ1) is 135. The van der Waals surface area contributed by atoms with E-state index >= 15 is 0 Å². The van der Waals surface area contributed by atoms with Gasteiger partial charge in [0.15, 0.2) is 36.1 Å². The zero-order valence-electron chi connectivity index (χ0n) is 83.3. The monoisotopic (exact) mass is 2170 g/mol. The third-order valence-electron chi connectivity index (χ3n) is 20.4. The minimum atomic E-state index is -5.97. The number of allylic oxidation sites excluding steroid dienone is 3. The van der Waals surface area contributed by atoms with Crippen LogP contribution < -0.4 is 42.1 Å². The van der Waals surface area contributed by atoms with E-state index in [4.69, 9.17) is 33.2 Å². The summed E-state index contributed by atoms with van der Waals surface area (Å²) in [6.45, 7) is 24.3. The average Bonchev–Trinajstić information content (AvgIpc) is 1.73. The third kappa shape index (κ3) is 41.1. The van der Waals surface area contributed by atoms with Gasteiger partial charge in [-0.25, -0.2) is 28.8 Å². The first-order valence-corrected chi connectivity index (χ1v) is 47.9. The number of esters is 6. The Morgan fingerprint density at radius 2 is 0.844 bits per heavy atom. The number of aliphatic hydroxyl groups excluding tert-OH is 1. The number of aliphatic hydroxyl groups is 1. The second kappa shape index (κ2) is 62.1. The summed E-state index contributed by atoms with van der Waals surface area (Å²) < 4.78 is 275. The largest absolute Gasteiger partial charge is 1.00 e. The maximum atomic E-state index is 12.7. The molecule has 1 aromatic heterocycles. The topological polar surface area (TPSA) is 516 Å². The van der Waals surface area contributed by atoms with Gasteiger partial charge in [0.05, 0.1) is 129 Å². The van der Waals surface area contributed by atoms with Crippen molar-refractivity contribution in [3.8, 4) is 34.5 Å². The first-order valence-electron chi connectivity index (χ1n) is 42.3. The first-order chi connectivity index (χ1) is 67.5. The van der Waals surface area contributed by atoms with E-state index in [0.717, 1.165) is 77.0 Å². The van der Waals surface area contributed by atoms with Crippen molar-refractivity contribution in [3.63, 3.8) is 0 Å². The molecule has 1 unspecified atom stereocenters. The number of ether oxygens (including phenoxy) is 9. The number of aldehydes is 2. The summed E-state index contributed by atoms with van der Waals surface area (Å²) in [5.74, 6) is -6.21. The van der Waals surface area contributed by atoms with Crippen LogP contribution in [-0.2, 0) is 112 Å². The molecule has 3 aliphatic rings. The van der Waals surface area contributed by atoms with Gasteiger partial charge in [-0.05, 0) is 206 Å². The molecular weight excluding hydrogens is 2060 g/mol. The zero-order chi connectivity index (χ0) is 111. The van der Waals surface area contributed by atoms with E-state index in [2.05, 4.69) is 52.5 Å². The van der Waals surface area contributed by atoms with Crippen molar-refractivity contribution in [2.75, 3.05) is 55.9 Å². The zero-order valence-corrected chi connectivity index (χ0v) is 88.5. The summed E-state index contributed by atoms with van der Waals surface area (Å²) in [5.41, 5.74) is -13.9. The van der Waals surface area contributed by atoms with E-state index in [1.54, 1.807) is 88.0 Å². The fourth-order valence-corrected chi connectivity index (χ4v) is 13.6. The fourth-order valence-electron chi connectivity index (χ4n) is 11.5. The SMILES string of the molecule is C/C=C/c1ccc(C(=O)OC)c(C)c1O.C1=COCCC1.C=CCc1ccc(C(=O)OC)c(C)c1O.CC1(C)OBOC1(C)C.COC(=O)c1ccc(C=O)c(O)c1C.COC(=O)c1ccc(C=O)c(OS(=O)(=O)C(F)(F)F)c1C.COC(=O)c1ccc(CO)c(OS(=O)(=O)C(F)(F)F)c1C.COC(=O)c1ccc(COC2CCCCO2)c(OS(=O)(=O)C(F)(F)F)c1C.Cc1ccc(S(=O)(=O)O)cc1.[B-].[Na+].c1ccncc1. The molecule has 36 nitrogen and oxygen atoms in total. The number of benzene rings is 7. The Balaban J connectivity index is 0.00000165. The van der Waals surface area contributed by atoms with Crippen molar-refractivity contribution in [1.82, 2.24) is 4.98 Å². The molecule has 0 bridgehead atoms. The molecular formula is C95H111B2F9NNaO35S4. The molecule has 11 rings (SSSR count). The standard InChI is InChI=1S/C16H19F3O7S.2C12H14O3.C11H11F3O6S.C11H9F3O6S.C10H10O4.C7H8O3S.C6H13BO2.C5H5N.C5H8O.B.Na/c1-10-12(15(20)23-2)7-6-11(9-25-13-5-3-4-8-24-13)14(10)26-27(21,22)16(17,18)19;2*1-4-5-9-6-7-10(12(14)15-3)8(2)11(9)13;2*1-6-8(10(16)19-2)4-3-7(5-15)9(6)20-21(17,18)11(12,13)14;1-6-8(10(13)14-2)4-3-7(5-11)9(6)12;1-6-2-4-7(5-3-6)11(8,9)10;1-5(2)6(3,4)9-7-8-5;2*1-2-4-6-5-3-1;;/h6-7,13H,3-5,8-9H2,1-2H3;4-7,13H,1-3H3;4,6-7,13H,1,5H2,2-3H3;3-4,15H,5H2,1-2H3;3-5H,1-2H3;3-5,12H,1-2H3;2-5H,1H3,(H,8,9,10);7H,1-4H3;1-5H;2,4H,1,3,5H2;;/q;;;;;;;;;;-1;+1/b;5-4+;;;;;;;;;;. The van der Waals surface area contributed by atoms with Crippen LogP contribution in [0, 0.1) is 48.5 Å². The molecule has 7 aromatic carbocycles. The third-order valence-corrected chi connectivity index (χ3v) is 24.1. The molecule has 0 saturated carbocycles. The number of carbonyl (C=O) groups excluding carboxylic acids is 8. The maximum absolute atomic E-state index is 12.7. The van der Waals surface area contributed by atoms with Gasteiger partial charge in [0.2, 0.25) is 0 Å². The van der Waals surface area contributed by atoms with E-state index < -0.39 is 129 Å². The van der Waals surface area contributed by atoms with Gasteiger partial charge in [-0.15, -0.1) is 6.58 Å². The molecule has 4 radical (unpaired) electrons. The van der Waals surface area contributed by atoms with Crippen molar-refractivity contribution in [2.45, 2.75) is 174 Å². The number of pyridine rings is 1. The molecule has 0 spiro atoms. The number of alkyl halides is 9. The molecule has 1 atom stereocenters. The number of carbonyl (C=O) groups is 8. The molecule has 800 valence electrons. The molecule has 3 aliphatic heterocycles. The van der Waals surface area contributed by atoms with Gasteiger partial charge in [0, 0.05) is 69.1 Å². The second-order valence-corrected chi connectivity index (χ2v) is 36.8. The minimum absolute atomic E-state index is 0. The predicted molar refractivity (Wildman–Crippen MR) is 513 cm³/mol. The minimum Gasteiger partial charge on any atom is -1.00 e. The maximum Gasteiger partial charge on any atom is 1.00 e. The van der Waals surface area contributed by atoms with Crippen LogP contribution in [0.15, 0.2) is 164 Å². The van der Waals surface area contributed by atoms with Crippen molar-refractivity contribution in [1.29, 1.82) is 0 Å². The molecule has 147 heavy (non-hydrogen) atoms. The van der Waals surface area contributed by atoms with E-state index in [1.165, 1.54) is 90.5 Å². The molecule has 0 amide bonds. The molecule has 8 aromatic rings. The van der Waals surface area contributed by atoms with Crippen molar-refractivity contribution < 1.29 is 231 Å². The van der Waals surface area contributed by atoms with E-state index in [0.29, 0.717) is 66.8 Å². The van der Waals surface area contributed by atoms with Crippen molar-refractivity contribution in [2.24, 2.45) is 0 Å². The number of rotatable bonds is 22. The van der Waals surface area contributed by atoms with Crippen LogP contribution in [0.4, 0.5) is 39.5 Å². The normalized spacial score (nSPS) is 13.6. The van der Waals surface area contributed by atoms with Gasteiger partial charge < -0.3 is 93.3 Å². The predicted octanol–water partition coefficient (Wildman–Crippen LogP) is 13.5. The number of halogens is 9. The number of aryl methyl sites for hydroxylation is 1. The second-order valence-electron chi connectivity index (χ2n) is 30.7. The summed E-state index contributed by atoms with van der Waals surface area (Å²) in [6.07, 6.45) is 18.0. The van der Waals surface area contributed by atoms with Gasteiger partial charge in [-0.2, -0.15) is 73.2 Å². The molecule has 52 heteroatoms. The van der Waals surface area contributed by atoms with Gasteiger partial charge in [-0.1, -0.05) is 66.3 Å². The Labute approximate surface area is 869 Å². The van der Waals surface area contributed by atoms with E-state index in [9.17, 15) is 127 Å². The van der Waals surface area contributed by atoms with Crippen molar-refractivity contribution >= 4 is 111 Å². The molecule has 2 saturated heterocycles. The number of phenolic OH excluding ortho intramolecular Hbond substituents is 3.